The van der Waals surface area contributed by atoms with Crippen molar-refractivity contribution in [1.82, 2.24) is 0 Å². The molecule has 0 fully saturated rings. The molecule has 0 radical (unpaired) electrons. The van der Waals surface area contributed by atoms with Crippen LogP contribution in [0.4, 0.5) is 10.1 Å². The number of carbonyl (C=O) groups excluding carboxylic acids is 2. The Balaban J connectivity index is 2.18. The van der Waals surface area contributed by atoms with Gasteiger partial charge in [-0.3, -0.25) is 14.5 Å². The van der Waals surface area contributed by atoms with E-state index >= 15 is 0 Å². The van der Waals surface area contributed by atoms with Crippen LogP contribution in [0, 0.1) is 11.7 Å². The molecule has 2 aromatic rings. The van der Waals surface area contributed by atoms with Gasteiger partial charge in [-0.15, -0.1) is 0 Å². The van der Waals surface area contributed by atoms with E-state index in [4.69, 9.17) is 11.6 Å². The van der Waals surface area contributed by atoms with Gasteiger partial charge in [-0.1, -0.05) is 55.8 Å². The van der Waals surface area contributed by atoms with E-state index in [-0.39, 0.29) is 16.9 Å². The lowest BCUT2D eigenvalue weighted by Crippen LogP contribution is -2.44. The second kappa shape index (κ2) is 6.81. The Bertz CT molecular complexity index is 844. The molecule has 0 bridgehead atoms. The van der Waals surface area contributed by atoms with Crippen molar-refractivity contribution in [2.45, 2.75) is 19.8 Å². The first-order valence-corrected chi connectivity index (χ1v) is 8.38. The highest BCUT2D eigenvalue weighted by atomic mass is 35.5. The van der Waals surface area contributed by atoms with Gasteiger partial charge < -0.3 is 0 Å². The van der Waals surface area contributed by atoms with Gasteiger partial charge in [-0.05, 0) is 35.7 Å². The number of amides is 1. The minimum absolute atomic E-state index is 0.0489. The predicted molar refractivity (Wildman–Crippen MR) is 95.8 cm³/mol. The van der Waals surface area contributed by atoms with Crippen LogP contribution in [0.3, 0.4) is 0 Å². The standard InChI is InChI=1S/C20H17ClFNO2/c1-12(2)18-17(21)19(24)16(13-6-4-3-5-7-13)20(25)23(18)15-10-8-14(22)9-11-15/h3-12,16H,1-2H3. The highest BCUT2D eigenvalue weighted by Gasteiger charge is 2.42. The van der Waals surface area contributed by atoms with Crippen molar-refractivity contribution in [1.29, 1.82) is 0 Å². The van der Waals surface area contributed by atoms with E-state index in [0.29, 0.717) is 16.9 Å². The molecule has 3 nitrogen and oxygen atoms in total. The molecule has 0 aromatic heterocycles. The number of nitrogens with zero attached hydrogens (tertiary/aromatic N) is 1. The van der Waals surface area contributed by atoms with Gasteiger partial charge in [0.25, 0.3) is 0 Å². The average Bonchev–Trinajstić information content (AvgIpc) is 2.59. The number of benzene rings is 2. The van der Waals surface area contributed by atoms with E-state index in [1.165, 1.54) is 29.2 Å². The fraction of sp³-hybridized carbons (Fsp3) is 0.200. The average molecular weight is 358 g/mol. The van der Waals surface area contributed by atoms with E-state index < -0.39 is 17.5 Å². The molecule has 1 atom stereocenters. The Kier molecular flexibility index (Phi) is 4.73. The Morgan fingerprint density at radius 3 is 2.16 bits per heavy atom. The van der Waals surface area contributed by atoms with Crippen LogP contribution in [0.2, 0.25) is 0 Å². The van der Waals surface area contributed by atoms with Crippen LogP contribution in [0.1, 0.15) is 25.3 Å². The van der Waals surface area contributed by atoms with Crippen molar-refractivity contribution in [3.05, 3.63) is 76.7 Å². The molecule has 1 unspecified atom stereocenters. The summed E-state index contributed by atoms with van der Waals surface area (Å²) in [4.78, 5) is 27.4. The van der Waals surface area contributed by atoms with Crippen molar-refractivity contribution in [3.63, 3.8) is 0 Å². The van der Waals surface area contributed by atoms with Crippen LogP contribution in [0.25, 0.3) is 0 Å². The van der Waals surface area contributed by atoms with Crippen LogP contribution >= 0.6 is 11.6 Å². The Morgan fingerprint density at radius 2 is 1.60 bits per heavy atom. The monoisotopic (exact) mass is 357 g/mol. The summed E-state index contributed by atoms with van der Waals surface area (Å²) >= 11 is 6.38. The number of Topliss-reactive ketones (excluding diaryl/α,β-unsaturated/α-hetero) is 1. The van der Waals surface area contributed by atoms with Gasteiger partial charge in [-0.25, -0.2) is 4.39 Å². The van der Waals surface area contributed by atoms with Gasteiger partial charge in [0.15, 0.2) is 5.78 Å². The number of rotatable bonds is 3. The van der Waals surface area contributed by atoms with Crippen LogP contribution in [-0.4, -0.2) is 11.7 Å². The molecule has 1 aliphatic heterocycles. The first-order valence-electron chi connectivity index (χ1n) is 8.00. The SMILES string of the molecule is CC(C)C1=C(Cl)C(=O)C(c2ccccc2)C(=O)N1c1ccc(F)cc1. The lowest BCUT2D eigenvalue weighted by atomic mass is 9.87. The zero-order valence-corrected chi connectivity index (χ0v) is 14.6. The number of hydrogen-bond donors (Lipinski definition) is 0. The molecule has 25 heavy (non-hydrogen) atoms. The van der Waals surface area contributed by atoms with Gasteiger partial charge in [-0.2, -0.15) is 0 Å². The van der Waals surface area contributed by atoms with Crippen molar-refractivity contribution < 1.29 is 14.0 Å². The molecule has 1 amide bonds. The van der Waals surface area contributed by atoms with Crippen LogP contribution in [0.5, 0.6) is 0 Å². The van der Waals surface area contributed by atoms with Gasteiger partial charge in [0.05, 0.1) is 5.70 Å². The summed E-state index contributed by atoms with van der Waals surface area (Å²) in [6.45, 7) is 3.72. The largest absolute Gasteiger partial charge is 0.292 e. The number of halogens is 2. The second-order valence-corrected chi connectivity index (χ2v) is 6.59. The highest BCUT2D eigenvalue weighted by Crippen LogP contribution is 2.39. The fourth-order valence-electron chi connectivity index (χ4n) is 3.02. The van der Waals surface area contributed by atoms with E-state index in [0.717, 1.165) is 0 Å². The molecule has 5 heteroatoms. The first kappa shape index (κ1) is 17.4. The maximum atomic E-state index is 13.3. The van der Waals surface area contributed by atoms with Gasteiger partial charge in [0, 0.05) is 5.69 Å². The zero-order chi connectivity index (χ0) is 18.1. The van der Waals surface area contributed by atoms with Crippen LogP contribution in [-0.2, 0) is 9.59 Å². The van der Waals surface area contributed by atoms with E-state index in [9.17, 15) is 14.0 Å². The van der Waals surface area contributed by atoms with E-state index in [1.807, 2.05) is 19.9 Å². The number of hydrogen-bond acceptors (Lipinski definition) is 2. The Hall–Kier alpha value is -2.46. The lowest BCUT2D eigenvalue weighted by Gasteiger charge is -2.35. The van der Waals surface area contributed by atoms with Crippen molar-refractivity contribution in [2.75, 3.05) is 4.90 Å². The number of ketones is 1. The molecule has 2 aromatic carbocycles. The van der Waals surface area contributed by atoms with Crippen LogP contribution < -0.4 is 4.90 Å². The summed E-state index contributed by atoms with van der Waals surface area (Å²) < 4.78 is 13.3. The number of anilines is 1. The molecule has 0 saturated heterocycles. The number of carbonyl (C=O) groups is 2. The third-order valence-corrected chi connectivity index (χ3v) is 4.56. The van der Waals surface area contributed by atoms with Crippen molar-refractivity contribution >= 4 is 29.0 Å². The molecular weight excluding hydrogens is 341 g/mol. The maximum Gasteiger partial charge on any atom is 0.246 e. The molecule has 1 aliphatic rings. The second-order valence-electron chi connectivity index (χ2n) is 6.21. The molecule has 0 spiro atoms. The third kappa shape index (κ3) is 3.10. The third-order valence-electron chi connectivity index (χ3n) is 4.18. The molecule has 1 heterocycles. The summed E-state index contributed by atoms with van der Waals surface area (Å²) in [7, 11) is 0. The maximum absolute atomic E-state index is 13.3. The van der Waals surface area contributed by atoms with Gasteiger partial charge in [0.1, 0.15) is 16.8 Å². The number of allylic oxidation sites excluding steroid dienone is 2. The molecule has 3 rings (SSSR count). The van der Waals surface area contributed by atoms with Crippen molar-refractivity contribution in [3.8, 4) is 0 Å². The Morgan fingerprint density at radius 1 is 1.00 bits per heavy atom. The minimum Gasteiger partial charge on any atom is -0.292 e. The summed E-state index contributed by atoms with van der Waals surface area (Å²) in [5.74, 6) is -2.33. The van der Waals surface area contributed by atoms with E-state index in [1.54, 1.807) is 24.3 Å². The van der Waals surface area contributed by atoms with Gasteiger partial charge in [0.2, 0.25) is 5.91 Å². The summed E-state index contributed by atoms with van der Waals surface area (Å²) in [6, 6.07) is 14.4. The quantitative estimate of drug-likeness (QED) is 0.751. The zero-order valence-electron chi connectivity index (χ0n) is 13.9. The molecular formula is C20H17ClFNO2. The normalized spacial score (nSPS) is 18.3. The first-order chi connectivity index (χ1) is 11.9. The van der Waals surface area contributed by atoms with Gasteiger partial charge >= 0.3 is 0 Å². The molecule has 128 valence electrons. The smallest absolute Gasteiger partial charge is 0.246 e. The lowest BCUT2D eigenvalue weighted by molar-refractivity contribution is -0.127. The summed E-state index contributed by atoms with van der Waals surface area (Å²) in [5, 5.41) is 0.0489. The molecule has 0 N–H and O–H groups in total. The summed E-state index contributed by atoms with van der Waals surface area (Å²) in [6.07, 6.45) is 0. The Labute approximate surface area is 150 Å². The topological polar surface area (TPSA) is 37.4 Å². The minimum atomic E-state index is -0.999. The highest BCUT2D eigenvalue weighted by molar-refractivity contribution is 6.47. The molecule has 0 saturated carbocycles. The fourth-order valence-corrected chi connectivity index (χ4v) is 3.43. The summed E-state index contributed by atoms with van der Waals surface area (Å²) in [5.41, 5.74) is 1.52. The van der Waals surface area contributed by atoms with Crippen molar-refractivity contribution in [2.24, 2.45) is 5.92 Å². The van der Waals surface area contributed by atoms with Crippen LogP contribution in [0.15, 0.2) is 65.3 Å². The van der Waals surface area contributed by atoms with E-state index in [2.05, 4.69) is 0 Å². The molecule has 0 aliphatic carbocycles. The predicted octanol–water partition coefficient (Wildman–Crippen LogP) is 4.63.